The van der Waals surface area contributed by atoms with Gasteiger partial charge in [-0.3, -0.25) is 0 Å². The molecule has 0 aromatic carbocycles. The number of hydrogen-bond acceptors (Lipinski definition) is 0. The van der Waals surface area contributed by atoms with Crippen molar-refractivity contribution in [3.63, 3.8) is 0 Å². The smallest absolute Gasteiger partial charge is 0.0104 e. The van der Waals surface area contributed by atoms with Crippen molar-refractivity contribution < 1.29 is 0 Å². The lowest BCUT2D eigenvalue weighted by Crippen LogP contribution is -2.19. The minimum Gasteiger partial charge on any atom is -0.0877 e. The van der Waals surface area contributed by atoms with Gasteiger partial charge >= 0.3 is 0 Å². The average molecular weight is 296 g/mol. The van der Waals surface area contributed by atoms with Gasteiger partial charge in [-0.2, -0.15) is 0 Å². The second-order valence-corrected chi connectivity index (χ2v) is 6.97. The zero-order valence-corrected chi connectivity index (χ0v) is 15.2. The maximum atomic E-state index is 2.36. The molecule has 0 spiro atoms. The van der Waals surface area contributed by atoms with Gasteiger partial charge in [0.2, 0.25) is 0 Å². The second-order valence-electron chi connectivity index (χ2n) is 6.97. The zero-order valence-electron chi connectivity index (χ0n) is 15.2. The molecule has 0 atom stereocenters. The lowest BCUT2D eigenvalue weighted by molar-refractivity contribution is 0.377. The number of rotatable bonds is 5. The van der Waals surface area contributed by atoms with Crippen LogP contribution in [0.15, 0.2) is 70.9 Å². The van der Waals surface area contributed by atoms with Crippen LogP contribution in [0.5, 0.6) is 0 Å². The summed E-state index contributed by atoms with van der Waals surface area (Å²) in [7, 11) is 0. The molecule has 22 heavy (non-hydrogen) atoms. The third kappa shape index (κ3) is 6.05. The molecule has 0 aromatic rings. The molecule has 0 bridgehead atoms. The maximum absolute atomic E-state index is 2.36. The predicted octanol–water partition coefficient (Wildman–Crippen LogP) is 7.09. The molecular formula is C22H32. The first-order chi connectivity index (χ1) is 10.4. The molecule has 0 saturated carbocycles. The Morgan fingerprint density at radius 3 is 2.27 bits per heavy atom. The van der Waals surface area contributed by atoms with Crippen molar-refractivity contribution in [2.24, 2.45) is 5.41 Å². The van der Waals surface area contributed by atoms with E-state index in [0.717, 1.165) is 0 Å². The van der Waals surface area contributed by atoms with Gasteiger partial charge in [0, 0.05) is 0 Å². The first kappa shape index (κ1) is 18.5. The third-order valence-corrected chi connectivity index (χ3v) is 4.33. The Kier molecular flexibility index (Phi) is 7.38. The van der Waals surface area contributed by atoms with Crippen molar-refractivity contribution in [1.82, 2.24) is 0 Å². The van der Waals surface area contributed by atoms with Crippen LogP contribution in [0.1, 0.15) is 60.8 Å². The van der Waals surface area contributed by atoms with Gasteiger partial charge < -0.3 is 0 Å². The molecule has 1 aliphatic carbocycles. The summed E-state index contributed by atoms with van der Waals surface area (Å²) in [4.78, 5) is 0. The Hall–Kier alpha value is -1.56. The molecule has 0 amide bonds. The summed E-state index contributed by atoms with van der Waals surface area (Å²) in [6.45, 7) is 13.3. The fourth-order valence-electron chi connectivity index (χ4n) is 2.94. The highest BCUT2D eigenvalue weighted by atomic mass is 14.3. The van der Waals surface area contributed by atoms with Crippen LogP contribution in [-0.4, -0.2) is 0 Å². The quantitative estimate of drug-likeness (QED) is 0.475. The Balaban J connectivity index is 2.77. The van der Waals surface area contributed by atoms with E-state index in [1.165, 1.54) is 36.0 Å². The molecule has 120 valence electrons. The minimum atomic E-state index is 0.320. The van der Waals surface area contributed by atoms with Crippen LogP contribution in [-0.2, 0) is 0 Å². The summed E-state index contributed by atoms with van der Waals surface area (Å²) in [6, 6.07) is 0. The summed E-state index contributed by atoms with van der Waals surface area (Å²) >= 11 is 0. The third-order valence-electron chi connectivity index (χ3n) is 4.33. The molecule has 0 N–H and O–H groups in total. The van der Waals surface area contributed by atoms with Crippen LogP contribution in [0.4, 0.5) is 0 Å². The zero-order chi connectivity index (χ0) is 16.6. The van der Waals surface area contributed by atoms with E-state index in [0.29, 0.717) is 5.41 Å². The van der Waals surface area contributed by atoms with Crippen LogP contribution in [0.25, 0.3) is 0 Å². The predicted molar refractivity (Wildman–Crippen MR) is 101 cm³/mol. The molecule has 0 saturated heterocycles. The van der Waals surface area contributed by atoms with Crippen molar-refractivity contribution in [2.45, 2.75) is 60.8 Å². The van der Waals surface area contributed by atoms with Crippen molar-refractivity contribution in [3.8, 4) is 0 Å². The van der Waals surface area contributed by atoms with E-state index in [1.54, 1.807) is 5.57 Å². The summed E-state index contributed by atoms with van der Waals surface area (Å²) in [5.74, 6) is 0. The lowest BCUT2D eigenvalue weighted by atomic mass is 9.72. The van der Waals surface area contributed by atoms with Crippen LogP contribution in [0.3, 0.4) is 0 Å². The van der Waals surface area contributed by atoms with E-state index in [2.05, 4.69) is 77.2 Å². The summed E-state index contributed by atoms with van der Waals surface area (Å²) < 4.78 is 0. The van der Waals surface area contributed by atoms with Crippen molar-refractivity contribution >= 4 is 0 Å². The molecule has 0 heterocycles. The van der Waals surface area contributed by atoms with Gasteiger partial charge in [0.25, 0.3) is 0 Å². The van der Waals surface area contributed by atoms with Crippen molar-refractivity contribution in [1.29, 1.82) is 0 Å². The van der Waals surface area contributed by atoms with Gasteiger partial charge in [-0.15, -0.1) is 0 Å². The van der Waals surface area contributed by atoms with Crippen LogP contribution >= 0.6 is 0 Å². The normalized spacial score (nSPS) is 20.8. The Morgan fingerprint density at radius 1 is 1.00 bits per heavy atom. The number of allylic oxidation sites excluding steroid dienone is 12. The monoisotopic (exact) mass is 296 g/mol. The highest BCUT2D eigenvalue weighted by Crippen LogP contribution is 2.40. The molecule has 0 radical (unpaired) electrons. The molecule has 0 nitrogen and oxygen atoms in total. The van der Waals surface area contributed by atoms with E-state index in [1.807, 2.05) is 13.0 Å². The molecule has 0 unspecified atom stereocenters. The first-order valence-electron chi connectivity index (χ1n) is 8.39. The minimum absolute atomic E-state index is 0.320. The molecule has 1 rings (SSSR count). The average Bonchev–Trinajstić information content (AvgIpc) is 2.43. The van der Waals surface area contributed by atoms with Gasteiger partial charge in [-0.25, -0.2) is 0 Å². The van der Waals surface area contributed by atoms with Crippen molar-refractivity contribution in [3.05, 3.63) is 70.9 Å². The van der Waals surface area contributed by atoms with E-state index in [9.17, 15) is 0 Å². The largest absolute Gasteiger partial charge is 0.0877 e. The Labute approximate surface area is 137 Å². The second kappa shape index (κ2) is 8.78. The van der Waals surface area contributed by atoms with Gasteiger partial charge in [0.05, 0.1) is 0 Å². The van der Waals surface area contributed by atoms with Gasteiger partial charge in [-0.1, -0.05) is 79.2 Å². The first-order valence-corrected chi connectivity index (χ1v) is 8.39. The molecule has 0 aliphatic heterocycles. The van der Waals surface area contributed by atoms with Gasteiger partial charge in [-0.05, 0) is 57.9 Å². The SMILES string of the molecule is CC=CC=C(C)C=CC=C(C)C=CC1=C(C)CCCC1(C)C. The van der Waals surface area contributed by atoms with E-state index in [4.69, 9.17) is 0 Å². The van der Waals surface area contributed by atoms with Crippen molar-refractivity contribution in [2.75, 3.05) is 0 Å². The van der Waals surface area contributed by atoms with Gasteiger partial charge in [0.15, 0.2) is 0 Å². The molecule has 1 aliphatic rings. The highest BCUT2D eigenvalue weighted by Gasteiger charge is 2.26. The van der Waals surface area contributed by atoms with Gasteiger partial charge in [0.1, 0.15) is 0 Å². The van der Waals surface area contributed by atoms with E-state index in [-0.39, 0.29) is 0 Å². The summed E-state index contributed by atoms with van der Waals surface area (Å²) in [5, 5.41) is 0. The highest BCUT2D eigenvalue weighted by molar-refractivity contribution is 5.37. The lowest BCUT2D eigenvalue weighted by Gasteiger charge is -2.32. The fourth-order valence-corrected chi connectivity index (χ4v) is 2.94. The fraction of sp³-hybridized carbons (Fsp3) is 0.455. The molecule has 0 fully saturated rings. The van der Waals surface area contributed by atoms with Crippen LogP contribution < -0.4 is 0 Å². The number of hydrogen-bond donors (Lipinski definition) is 0. The maximum Gasteiger partial charge on any atom is -0.0104 e. The van der Waals surface area contributed by atoms with E-state index >= 15 is 0 Å². The Morgan fingerprint density at radius 2 is 1.64 bits per heavy atom. The summed E-state index contributed by atoms with van der Waals surface area (Å²) in [5.41, 5.74) is 5.95. The Bertz CT molecular complexity index is 543. The standard InChI is InChI=1S/C22H32/c1-7-8-11-18(2)12-9-13-19(3)15-16-21-20(4)14-10-17-22(21,5)6/h7-9,11-13,15-16H,10,14,17H2,1-6H3. The topological polar surface area (TPSA) is 0 Å². The molecule has 0 aromatic heterocycles. The molecular weight excluding hydrogens is 264 g/mol. The molecule has 0 heteroatoms. The summed E-state index contributed by atoms with van der Waals surface area (Å²) in [6.07, 6.45) is 21.1. The van der Waals surface area contributed by atoms with Crippen LogP contribution in [0, 0.1) is 5.41 Å². The van der Waals surface area contributed by atoms with E-state index < -0.39 is 0 Å². The van der Waals surface area contributed by atoms with Crippen LogP contribution in [0.2, 0.25) is 0 Å².